The molecule has 0 bridgehead atoms. The van der Waals surface area contributed by atoms with Gasteiger partial charge in [0.1, 0.15) is 5.75 Å². The highest BCUT2D eigenvalue weighted by atomic mass is 16.5. The maximum atomic E-state index is 11.8. The van der Waals surface area contributed by atoms with Crippen molar-refractivity contribution in [1.82, 2.24) is 10.3 Å². The number of anilines is 3. The summed E-state index contributed by atoms with van der Waals surface area (Å²) in [5, 5.41) is 9.03. The number of carbonyl (C=O) groups excluding carboxylic acids is 1. The van der Waals surface area contributed by atoms with E-state index in [1.807, 2.05) is 19.1 Å². The minimum atomic E-state index is -0.192. The van der Waals surface area contributed by atoms with E-state index in [1.165, 1.54) is 11.8 Å². The van der Waals surface area contributed by atoms with E-state index in [4.69, 9.17) is 4.74 Å². The Kier molecular flexibility index (Phi) is 4.37. The summed E-state index contributed by atoms with van der Waals surface area (Å²) in [6.45, 7) is 6.39. The average molecular weight is 324 g/mol. The molecule has 0 atom stereocenters. The molecule has 0 unspecified atom stereocenters. The second-order valence-corrected chi connectivity index (χ2v) is 5.62. The summed E-state index contributed by atoms with van der Waals surface area (Å²) in [6, 6.07) is 7.74. The number of fused-ring (bicyclic) bond motifs is 1. The predicted molar refractivity (Wildman–Crippen MR) is 95.0 cm³/mol. The first-order valence-electron chi connectivity index (χ1n) is 7.75. The van der Waals surface area contributed by atoms with Gasteiger partial charge in [-0.2, -0.15) is 0 Å². The van der Waals surface area contributed by atoms with Crippen molar-refractivity contribution in [2.45, 2.75) is 13.3 Å². The molecule has 24 heavy (non-hydrogen) atoms. The van der Waals surface area contributed by atoms with Gasteiger partial charge in [0.25, 0.3) is 5.91 Å². The smallest absolute Gasteiger partial charge is 0.252 e. The lowest BCUT2D eigenvalue weighted by Gasteiger charge is -2.15. The number of nitrogens with one attached hydrogen (secondary N) is 3. The molecule has 1 aromatic carbocycles. The van der Waals surface area contributed by atoms with Gasteiger partial charge in [0, 0.05) is 25.4 Å². The minimum absolute atomic E-state index is 0.192. The lowest BCUT2D eigenvalue weighted by molar-refractivity contribution is 0.0963. The largest absolute Gasteiger partial charge is 0.491 e. The third-order valence-electron chi connectivity index (χ3n) is 3.69. The fourth-order valence-corrected chi connectivity index (χ4v) is 2.60. The van der Waals surface area contributed by atoms with Crippen LogP contribution < -0.4 is 20.7 Å². The summed E-state index contributed by atoms with van der Waals surface area (Å²) in [7, 11) is 1.59. The first-order valence-corrected chi connectivity index (χ1v) is 7.75. The van der Waals surface area contributed by atoms with Gasteiger partial charge in [0.2, 0.25) is 0 Å². The van der Waals surface area contributed by atoms with E-state index in [0.717, 1.165) is 23.6 Å². The zero-order valence-corrected chi connectivity index (χ0v) is 13.8. The summed E-state index contributed by atoms with van der Waals surface area (Å²) in [5.41, 5.74) is 3.94. The maximum absolute atomic E-state index is 11.8. The van der Waals surface area contributed by atoms with Gasteiger partial charge in [0.15, 0.2) is 5.82 Å². The van der Waals surface area contributed by atoms with Crippen molar-refractivity contribution in [3.63, 3.8) is 0 Å². The molecule has 3 rings (SSSR count). The van der Waals surface area contributed by atoms with Crippen molar-refractivity contribution < 1.29 is 9.53 Å². The Bertz CT molecular complexity index is 802. The van der Waals surface area contributed by atoms with Crippen LogP contribution in [0, 0.1) is 0 Å². The van der Waals surface area contributed by atoms with Crippen LogP contribution in [0.25, 0.3) is 0 Å². The molecule has 6 nitrogen and oxygen atoms in total. The van der Waals surface area contributed by atoms with Gasteiger partial charge >= 0.3 is 0 Å². The van der Waals surface area contributed by atoms with Gasteiger partial charge in [-0.1, -0.05) is 18.7 Å². The molecule has 1 amide bonds. The van der Waals surface area contributed by atoms with Gasteiger partial charge in [-0.25, -0.2) is 4.98 Å². The van der Waals surface area contributed by atoms with Crippen LogP contribution in [0.1, 0.15) is 22.8 Å². The number of nitrogens with zero attached hydrogens (tertiary/aromatic N) is 1. The molecular formula is C18H20N4O2. The SMILES string of the molecule is C=C(C)Nc1cc(C(=O)NC)cnc1Nc1cccc2c1OCC2. The number of pyridine rings is 1. The average Bonchev–Trinajstić information content (AvgIpc) is 3.05. The normalized spacial score (nSPS) is 12.1. The van der Waals surface area contributed by atoms with Crippen LogP contribution in [0.4, 0.5) is 17.2 Å². The van der Waals surface area contributed by atoms with Crippen molar-refractivity contribution in [3.05, 3.63) is 53.9 Å². The Morgan fingerprint density at radius 1 is 1.33 bits per heavy atom. The van der Waals surface area contributed by atoms with E-state index in [-0.39, 0.29) is 5.91 Å². The van der Waals surface area contributed by atoms with Gasteiger partial charge in [0.05, 0.1) is 23.5 Å². The molecule has 0 saturated carbocycles. The van der Waals surface area contributed by atoms with E-state index in [1.54, 1.807) is 13.1 Å². The standard InChI is InChI=1S/C18H20N4O2/c1-11(2)21-15-9-13(18(23)19-3)10-20-17(15)22-14-6-4-5-12-7-8-24-16(12)14/h4-6,9-10,21H,1,7-8H2,2-3H3,(H,19,23)(H,20,22). The van der Waals surface area contributed by atoms with E-state index < -0.39 is 0 Å². The van der Waals surface area contributed by atoms with Gasteiger partial charge in [-0.05, 0) is 24.6 Å². The maximum Gasteiger partial charge on any atom is 0.252 e. The molecule has 2 aromatic rings. The molecular weight excluding hydrogens is 304 g/mol. The number of benzene rings is 1. The Balaban J connectivity index is 1.96. The number of rotatable bonds is 5. The van der Waals surface area contributed by atoms with Crippen molar-refractivity contribution in [3.8, 4) is 5.75 Å². The fraction of sp³-hybridized carbons (Fsp3) is 0.222. The number of amides is 1. The molecule has 3 N–H and O–H groups in total. The predicted octanol–water partition coefficient (Wildman–Crippen LogP) is 3.07. The summed E-state index contributed by atoms with van der Waals surface area (Å²) in [5.74, 6) is 1.27. The van der Waals surface area contributed by atoms with Crippen LogP contribution in [0.15, 0.2) is 42.7 Å². The fourth-order valence-electron chi connectivity index (χ4n) is 2.60. The Morgan fingerprint density at radius 3 is 2.92 bits per heavy atom. The molecule has 1 aromatic heterocycles. The van der Waals surface area contributed by atoms with Crippen molar-refractivity contribution in [2.75, 3.05) is 24.3 Å². The van der Waals surface area contributed by atoms with Crippen LogP contribution in [0.3, 0.4) is 0 Å². The van der Waals surface area contributed by atoms with Crippen molar-refractivity contribution in [2.24, 2.45) is 0 Å². The van der Waals surface area contributed by atoms with E-state index in [2.05, 4.69) is 33.6 Å². The molecule has 6 heteroatoms. The first-order chi connectivity index (χ1) is 11.6. The summed E-state index contributed by atoms with van der Waals surface area (Å²) < 4.78 is 5.71. The number of para-hydroxylation sites is 1. The van der Waals surface area contributed by atoms with Crippen LogP contribution >= 0.6 is 0 Å². The Labute approximate surface area is 140 Å². The monoisotopic (exact) mass is 324 g/mol. The molecule has 0 saturated heterocycles. The second-order valence-electron chi connectivity index (χ2n) is 5.62. The zero-order valence-electron chi connectivity index (χ0n) is 13.8. The van der Waals surface area contributed by atoms with Crippen LogP contribution in [0.2, 0.25) is 0 Å². The third kappa shape index (κ3) is 3.17. The quantitative estimate of drug-likeness (QED) is 0.788. The topological polar surface area (TPSA) is 75.3 Å². The van der Waals surface area contributed by atoms with Gasteiger partial charge in [-0.3, -0.25) is 4.79 Å². The number of aromatic nitrogens is 1. The number of hydrogen-bond donors (Lipinski definition) is 3. The summed E-state index contributed by atoms with van der Waals surface area (Å²) >= 11 is 0. The highest BCUT2D eigenvalue weighted by molar-refractivity contribution is 5.95. The molecule has 1 aliphatic rings. The summed E-state index contributed by atoms with van der Waals surface area (Å²) in [6.07, 6.45) is 2.44. The second kappa shape index (κ2) is 6.62. The molecule has 1 aliphatic heterocycles. The van der Waals surface area contributed by atoms with E-state index in [9.17, 15) is 4.79 Å². The highest BCUT2D eigenvalue weighted by Crippen LogP contribution is 2.36. The van der Waals surface area contributed by atoms with E-state index in [0.29, 0.717) is 23.7 Å². The number of carbonyl (C=O) groups is 1. The Hall–Kier alpha value is -3.02. The Morgan fingerprint density at radius 2 is 2.17 bits per heavy atom. The number of ether oxygens (including phenoxy) is 1. The molecule has 0 fully saturated rings. The highest BCUT2D eigenvalue weighted by Gasteiger charge is 2.18. The van der Waals surface area contributed by atoms with Gasteiger partial charge in [-0.15, -0.1) is 0 Å². The van der Waals surface area contributed by atoms with Crippen molar-refractivity contribution >= 4 is 23.1 Å². The summed E-state index contributed by atoms with van der Waals surface area (Å²) in [4.78, 5) is 16.2. The van der Waals surface area contributed by atoms with Crippen LogP contribution in [-0.4, -0.2) is 24.5 Å². The van der Waals surface area contributed by atoms with E-state index >= 15 is 0 Å². The number of hydrogen-bond acceptors (Lipinski definition) is 5. The first kappa shape index (κ1) is 15.9. The lowest BCUT2D eigenvalue weighted by atomic mass is 10.1. The number of allylic oxidation sites excluding steroid dienone is 1. The molecule has 124 valence electrons. The molecule has 0 aliphatic carbocycles. The van der Waals surface area contributed by atoms with Crippen LogP contribution in [-0.2, 0) is 6.42 Å². The third-order valence-corrected chi connectivity index (χ3v) is 3.69. The van der Waals surface area contributed by atoms with Crippen LogP contribution in [0.5, 0.6) is 5.75 Å². The lowest BCUT2D eigenvalue weighted by Crippen LogP contribution is -2.18. The van der Waals surface area contributed by atoms with Crippen molar-refractivity contribution in [1.29, 1.82) is 0 Å². The zero-order chi connectivity index (χ0) is 17.1. The van der Waals surface area contributed by atoms with Gasteiger partial charge < -0.3 is 20.7 Å². The molecule has 0 radical (unpaired) electrons. The minimum Gasteiger partial charge on any atom is -0.491 e. The molecule has 0 spiro atoms. The molecule has 2 heterocycles.